The van der Waals surface area contributed by atoms with Crippen LogP contribution in [0.1, 0.15) is 22.9 Å². The van der Waals surface area contributed by atoms with Gasteiger partial charge in [-0.05, 0) is 30.0 Å². The molecule has 144 valence electrons. The van der Waals surface area contributed by atoms with Gasteiger partial charge in [0.15, 0.2) is 0 Å². The Morgan fingerprint density at radius 1 is 1.19 bits per heavy atom. The van der Waals surface area contributed by atoms with Crippen LogP contribution in [0.15, 0.2) is 35.7 Å². The Labute approximate surface area is 167 Å². The number of halogens is 2. The van der Waals surface area contributed by atoms with Gasteiger partial charge >= 0.3 is 0 Å². The van der Waals surface area contributed by atoms with Gasteiger partial charge in [0, 0.05) is 48.2 Å². The van der Waals surface area contributed by atoms with Crippen molar-refractivity contribution in [3.05, 3.63) is 57.0 Å². The summed E-state index contributed by atoms with van der Waals surface area (Å²) in [6.07, 6.45) is 0.754. The van der Waals surface area contributed by atoms with E-state index in [0.717, 1.165) is 6.42 Å². The van der Waals surface area contributed by atoms with Crippen LogP contribution in [-0.2, 0) is 11.3 Å². The van der Waals surface area contributed by atoms with Gasteiger partial charge in [0.05, 0.1) is 6.04 Å². The van der Waals surface area contributed by atoms with E-state index >= 15 is 0 Å². The molecule has 2 aliphatic rings. The molecule has 27 heavy (non-hydrogen) atoms. The number of hydrazine groups is 1. The maximum Gasteiger partial charge on any atom is 0.241 e. The van der Waals surface area contributed by atoms with Crippen molar-refractivity contribution < 1.29 is 9.18 Å². The SMILES string of the molecule is O=C(C1CC(c2cccs2)NN1)N1CCN(Cc2c(F)cccc2Cl)CC1. The lowest BCUT2D eigenvalue weighted by Gasteiger charge is -2.36. The standard InChI is InChI=1S/C19H22ClFN4OS/c20-14-3-1-4-15(21)13(14)12-24-6-8-25(9-7-24)19(26)17-11-16(22-23-17)18-5-2-10-27-18/h1-5,10,16-17,22-23H,6-9,11-12H2. The molecule has 2 atom stereocenters. The quantitative estimate of drug-likeness (QED) is 0.816. The molecule has 2 aliphatic heterocycles. The number of nitrogens with zero attached hydrogens (tertiary/aromatic N) is 2. The third-order valence-electron chi connectivity index (χ3n) is 5.22. The average molecular weight is 409 g/mol. The van der Waals surface area contributed by atoms with Gasteiger partial charge in [-0.2, -0.15) is 0 Å². The number of carbonyl (C=O) groups is 1. The summed E-state index contributed by atoms with van der Waals surface area (Å²) >= 11 is 7.82. The number of carbonyl (C=O) groups excluding carboxylic acids is 1. The van der Waals surface area contributed by atoms with Crippen LogP contribution in [0.5, 0.6) is 0 Å². The third kappa shape index (κ3) is 4.17. The molecule has 0 spiro atoms. The van der Waals surface area contributed by atoms with Crippen molar-refractivity contribution in [1.29, 1.82) is 0 Å². The van der Waals surface area contributed by atoms with Crippen molar-refractivity contribution in [3.8, 4) is 0 Å². The van der Waals surface area contributed by atoms with E-state index in [2.05, 4.69) is 21.8 Å². The number of nitrogens with one attached hydrogen (secondary N) is 2. The van der Waals surface area contributed by atoms with E-state index in [4.69, 9.17) is 11.6 Å². The van der Waals surface area contributed by atoms with E-state index in [1.807, 2.05) is 16.3 Å². The predicted molar refractivity (Wildman–Crippen MR) is 105 cm³/mol. The fourth-order valence-corrected chi connectivity index (χ4v) is 4.66. The Morgan fingerprint density at radius 3 is 2.70 bits per heavy atom. The average Bonchev–Trinajstić information content (AvgIpc) is 3.36. The first kappa shape index (κ1) is 18.8. The molecule has 0 saturated carbocycles. The molecule has 2 unspecified atom stereocenters. The zero-order chi connectivity index (χ0) is 18.8. The molecular formula is C19H22ClFN4OS. The Kier molecular flexibility index (Phi) is 5.75. The minimum Gasteiger partial charge on any atom is -0.339 e. The monoisotopic (exact) mass is 408 g/mol. The summed E-state index contributed by atoms with van der Waals surface area (Å²) in [5, 5.41) is 2.50. The number of benzene rings is 1. The highest BCUT2D eigenvalue weighted by Crippen LogP contribution is 2.27. The molecule has 0 bridgehead atoms. The number of amides is 1. The largest absolute Gasteiger partial charge is 0.339 e. The molecule has 5 nitrogen and oxygen atoms in total. The summed E-state index contributed by atoms with van der Waals surface area (Å²) in [4.78, 5) is 18.1. The predicted octanol–water partition coefficient (Wildman–Crippen LogP) is 2.79. The lowest BCUT2D eigenvalue weighted by atomic mass is 10.1. The summed E-state index contributed by atoms with van der Waals surface area (Å²) in [7, 11) is 0. The molecule has 8 heteroatoms. The van der Waals surface area contributed by atoms with E-state index in [9.17, 15) is 9.18 Å². The van der Waals surface area contributed by atoms with E-state index in [1.165, 1.54) is 10.9 Å². The third-order valence-corrected chi connectivity index (χ3v) is 6.56. The maximum absolute atomic E-state index is 14.0. The molecular weight excluding hydrogens is 387 g/mol. The molecule has 2 aromatic rings. The van der Waals surface area contributed by atoms with Crippen molar-refractivity contribution in [2.24, 2.45) is 0 Å². The minimum absolute atomic E-state index is 0.130. The number of piperazine rings is 1. The smallest absolute Gasteiger partial charge is 0.241 e. The maximum atomic E-state index is 14.0. The summed E-state index contributed by atoms with van der Waals surface area (Å²) in [5.74, 6) is -0.146. The highest BCUT2D eigenvalue weighted by atomic mass is 35.5. The first-order valence-electron chi connectivity index (χ1n) is 9.10. The molecule has 2 N–H and O–H groups in total. The zero-order valence-corrected chi connectivity index (χ0v) is 16.4. The first-order valence-corrected chi connectivity index (χ1v) is 10.4. The van der Waals surface area contributed by atoms with Crippen LogP contribution in [0.25, 0.3) is 0 Å². The number of hydrogen-bond donors (Lipinski definition) is 2. The minimum atomic E-state index is -0.276. The van der Waals surface area contributed by atoms with Gasteiger partial charge in [0.2, 0.25) is 5.91 Å². The Bertz CT molecular complexity index is 775. The molecule has 0 aliphatic carbocycles. The van der Waals surface area contributed by atoms with Crippen LogP contribution in [0, 0.1) is 5.82 Å². The van der Waals surface area contributed by atoms with Crippen molar-refractivity contribution in [1.82, 2.24) is 20.7 Å². The molecule has 2 fully saturated rings. The summed E-state index contributed by atoms with van der Waals surface area (Å²) in [5.41, 5.74) is 6.90. The number of thiophene rings is 1. The topological polar surface area (TPSA) is 47.6 Å². The van der Waals surface area contributed by atoms with Gasteiger partial charge in [-0.1, -0.05) is 23.7 Å². The van der Waals surface area contributed by atoms with Crippen LogP contribution in [0.4, 0.5) is 4.39 Å². The second kappa shape index (κ2) is 8.24. The summed E-state index contributed by atoms with van der Waals surface area (Å²) < 4.78 is 14.0. The molecule has 0 radical (unpaired) electrons. The highest BCUT2D eigenvalue weighted by molar-refractivity contribution is 7.10. The molecule has 4 rings (SSSR count). The van der Waals surface area contributed by atoms with Gasteiger partial charge < -0.3 is 4.90 Å². The van der Waals surface area contributed by atoms with E-state index in [-0.39, 0.29) is 23.8 Å². The van der Waals surface area contributed by atoms with Crippen molar-refractivity contribution in [3.63, 3.8) is 0 Å². The Balaban J connectivity index is 1.30. The van der Waals surface area contributed by atoms with Crippen LogP contribution in [0.3, 0.4) is 0 Å². The Morgan fingerprint density at radius 2 is 2.00 bits per heavy atom. The van der Waals surface area contributed by atoms with E-state index < -0.39 is 0 Å². The summed E-state index contributed by atoms with van der Waals surface area (Å²) in [6, 6.07) is 8.85. The zero-order valence-electron chi connectivity index (χ0n) is 14.8. The number of hydrogen-bond acceptors (Lipinski definition) is 5. The fourth-order valence-electron chi connectivity index (χ4n) is 3.65. The number of rotatable bonds is 4. The fraction of sp³-hybridized carbons (Fsp3) is 0.421. The van der Waals surface area contributed by atoms with Crippen molar-refractivity contribution in [2.45, 2.75) is 25.0 Å². The van der Waals surface area contributed by atoms with Gasteiger partial charge in [0.1, 0.15) is 11.9 Å². The van der Waals surface area contributed by atoms with E-state index in [1.54, 1.807) is 23.5 Å². The highest BCUT2D eigenvalue weighted by Gasteiger charge is 2.34. The Hall–Kier alpha value is -1.51. The van der Waals surface area contributed by atoms with Crippen molar-refractivity contribution >= 4 is 28.8 Å². The first-order chi connectivity index (χ1) is 13.1. The van der Waals surface area contributed by atoms with Crippen LogP contribution < -0.4 is 10.9 Å². The lowest BCUT2D eigenvalue weighted by Crippen LogP contribution is -2.53. The van der Waals surface area contributed by atoms with Gasteiger partial charge in [-0.15, -0.1) is 11.3 Å². The molecule has 3 heterocycles. The van der Waals surface area contributed by atoms with Crippen LogP contribution in [0.2, 0.25) is 5.02 Å². The van der Waals surface area contributed by atoms with Gasteiger partial charge in [0.25, 0.3) is 0 Å². The molecule has 1 aromatic carbocycles. The van der Waals surface area contributed by atoms with Crippen LogP contribution in [-0.4, -0.2) is 47.9 Å². The van der Waals surface area contributed by atoms with Crippen molar-refractivity contribution in [2.75, 3.05) is 26.2 Å². The molecule has 1 aromatic heterocycles. The molecule has 2 saturated heterocycles. The molecule has 1 amide bonds. The normalized spacial score (nSPS) is 23.7. The van der Waals surface area contributed by atoms with Gasteiger partial charge in [-0.3, -0.25) is 9.69 Å². The second-order valence-electron chi connectivity index (χ2n) is 6.95. The van der Waals surface area contributed by atoms with Gasteiger partial charge in [-0.25, -0.2) is 15.2 Å². The second-order valence-corrected chi connectivity index (χ2v) is 8.33. The van der Waals surface area contributed by atoms with Crippen LogP contribution >= 0.6 is 22.9 Å². The lowest BCUT2D eigenvalue weighted by molar-refractivity contribution is -0.135. The summed E-state index contributed by atoms with van der Waals surface area (Å²) in [6.45, 7) is 3.19. The van der Waals surface area contributed by atoms with E-state index in [0.29, 0.717) is 43.3 Å².